The van der Waals surface area contributed by atoms with E-state index in [1.807, 2.05) is 0 Å². The number of hydrogen-bond donors (Lipinski definition) is 0. The highest BCUT2D eigenvalue weighted by molar-refractivity contribution is 6.10. The van der Waals surface area contributed by atoms with Gasteiger partial charge in [0.05, 0.1) is 11.1 Å². The maximum atomic E-state index is 13.5. The molecule has 17 heavy (non-hydrogen) atoms. The van der Waals surface area contributed by atoms with Gasteiger partial charge in [-0.2, -0.15) is 0 Å². The fourth-order valence-electron chi connectivity index (χ4n) is 1.91. The van der Waals surface area contributed by atoms with Gasteiger partial charge in [0.25, 0.3) is 0 Å². The standard InChI is InChI=1S/C14H13FO2/c1-8-9(2)17-10(3)13(8)14(16)11-6-4-5-7-12(11)15/h4-7H,1-3H3. The first-order chi connectivity index (χ1) is 8.02. The zero-order valence-electron chi connectivity index (χ0n) is 10.0. The van der Waals surface area contributed by atoms with Crippen LogP contribution in [0.15, 0.2) is 28.7 Å². The summed E-state index contributed by atoms with van der Waals surface area (Å²) in [5.74, 6) is 0.403. The smallest absolute Gasteiger partial charge is 0.199 e. The third-order valence-corrected chi connectivity index (χ3v) is 2.91. The van der Waals surface area contributed by atoms with Crippen molar-refractivity contribution in [3.63, 3.8) is 0 Å². The van der Waals surface area contributed by atoms with Crippen LogP contribution in [-0.4, -0.2) is 5.78 Å². The second-order valence-electron chi connectivity index (χ2n) is 4.02. The van der Waals surface area contributed by atoms with Crippen LogP contribution < -0.4 is 0 Å². The lowest BCUT2D eigenvalue weighted by atomic mass is 9.99. The molecule has 0 radical (unpaired) electrons. The summed E-state index contributed by atoms with van der Waals surface area (Å²) in [6.07, 6.45) is 0. The zero-order chi connectivity index (χ0) is 12.6. The average molecular weight is 232 g/mol. The summed E-state index contributed by atoms with van der Waals surface area (Å²) < 4.78 is 18.9. The third-order valence-electron chi connectivity index (χ3n) is 2.91. The molecular formula is C14H13FO2. The van der Waals surface area contributed by atoms with Crippen molar-refractivity contribution in [1.29, 1.82) is 0 Å². The molecule has 0 spiro atoms. The van der Waals surface area contributed by atoms with Crippen LogP contribution in [0, 0.1) is 26.6 Å². The van der Waals surface area contributed by atoms with E-state index < -0.39 is 5.82 Å². The third kappa shape index (κ3) is 1.88. The SMILES string of the molecule is Cc1oc(C)c(C(=O)c2ccccc2F)c1C. The van der Waals surface area contributed by atoms with Crippen LogP contribution in [-0.2, 0) is 0 Å². The highest BCUT2D eigenvalue weighted by Crippen LogP contribution is 2.24. The Labute approximate surface area is 99.1 Å². The number of hydrogen-bond acceptors (Lipinski definition) is 2. The number of furan rings is 1. The minimum Gasteiger partial charge on any atom is -0.466 e. The summed E-state index contributed by atoms with van der Waals surface area (Å²) in [4.78, 5) is 12.2. The van der Waals surface area contributed by atoms with Crippen molar-refractivity contribution >= 4 is 5.78 Å². The van der Waals surface area contributed by atoms with Gasteiger partial charge < -0.3 is 4.42 Å². The number of benzene rings is 1. The Morgan fingerprint density at radius 2 is 1.76 bits per heavy atom. The number of carbonyl (C=O) groups is 1. The normalized spacial score (nSPS) is 10.6. The highest BCUT2D eigenvalue weighted by atomic mass is 19.1. The first kappa shape index (κ1) is 11.6. The molecule has 0 N–H and O–H groups in total. The molecule has 0 bridgehead atoms. The van der Waals surface area contributed by atoms with Crippen molar-refractivity contribution in [3.05, 3.63) is 58.3 Å². The van der Waals surface area contributed by atoms with E-state index in [9.17, 15) is 9.18 Å². The van der Waals surface area contributed by atoms with E-state index in [1.165, 1.54) is 12.1 Å². The molecule has 2 rings (SSSR count). The molecule has 2 nitrogen and oxygen atoms in total. The van der Waals surface area contributed by atoms with Crippen LogP contribution in [0.2, 0.25) is 0 Å². The maximum absolute atomic E-state index is 13.5. The molecular weight excluding hydrogens is 219 g/mol. The minimum atomic E-state index is -0.504. The molecule has 1 aromatic carbocycles. The van der Waals surface area contributed by atoms with Gasteiger partial charge in [0, 0.05) is 5.56 Å². The van der Waals surface area contributed by atoms with Crippen LogP contribution in [0.1, 0.15) is 33.0 Å². The molecule has 1 heterocycles. The average Bonchev–Trinajstić information content (AvgIpc) is 2.53. The Morgan fingerprint density at radius 1 is 1.12 bits per heavy atom. The first-order valence-electron chi connectivity index (χ1n) is 5.38. The first-order valence-corrected chi connectivity index (χ1v) is 5.38. The van der Waals surface area contributed by atoms with Gasteiger partial charge in [-0.05, 0) is 32.9 Å². The second kappa shape index (κ2) is 4.17. The molecule has 0 amide bonds. The van der Waals surface area contributed by atoms with E-state index in [0.717, 1.165) is 5.56 Å². The lowest BCUT2D eigenvalue weighted by Crippen LogP contribution is -2.06. The van der Waals surface area contributed by atoms with Gasteiger partial charge in [-0.1, -0.05) is 12.1 Å². The maximum Gasteiger partial charge on any atom is 0.199 e. The molecule has 0 aliphatic carbocycles. The molecule has 88 valence electrons. The van der Waals surface area contributed by atoms with Gasteiger partial charge in [-0.15, -0.1) is 0 Å². The summed E-state index contributed by atoms with van der Waals surface area (Å²) in [6.45, 7) is 5.31. The van der Waals surface area contributed by atoms with Crippen LogP contribution in [0.5, 0.6) is 0 Å². The van der Waals surface area contributed by atoms with Crippen molar-refractivity contribution in [2.45, 2.75) is 20.8 Å². The monoisotopic (exact) mass is 232 g/mol. The van der Waals surface area contributed by atoms with Gasteiger partial charge in [-0.3, -0.25) is 4.79 Å². The van der Waals surface area contributed by atoms with E-state index in [1.54, 1.807) is 32.9 Å². The number of rotatable bonds is 2. The van der Waals surface area contributed by atoms with Crippen molar-refractivity contribution in [1.82, 2.24) is 0 Å². The Morgan fingerprint density at radius 3 is 2.29 bits per heavy atom. The summed E-state index contributed by atoms with van der Waals surface area (Å²) in [7, 11) is 0. The van der Waals surface area contributed by atoms with E-state index >= 15 is 0 Å². The van der Waals surface area contributed by atoms with Gasteiger partial charge in [0.1, 0.15) is 17.3 Å². The summed E-state index contributed by atoms with van der Waals surface area (Å²) in [6, 6.07) is 5.98. The lowest BCUT2D eigenvalue weighted by Gasteiger charge is -2.02. The summed E-state index contributed by atoms with van der Waals surface area (Å²) >= 11 is 0. The molecule has 0 fully saturated rings. The molecule has 3 heteroatoms. The van der Waals surface area contributed by atoms with Gasteiger partial charge >= 0.3 is 0 Å². The van der Waals surface area contributed by atoms with Gasteiger partial charge in [0.15, 0.2) is 5.78 Å². The predicted molar refractivity (Wildman–Crippen MR) is 62.8 cm³/mol. The van der Waals surface area contributed by atoms with Crippen LogP contribution in [0.3, 0.4) is 0 Å². The highest BCUT2D eigenvalue weighted by Gasteiger charge is 2.21. The molecule has 0 saturated carbocycles. The quantitative estimate of drug-likeness (QED) is 0.741. The van der Waals surface area contributed by atoms with E-state index in [-0.39, 0.29) is 11.3 Å². The van der Waals surface area contributed by atoms with Crippen molar-refractivity contribution in [3.8, 4) is 0 Å². The Hall–Kier alpha value is -1.90. The van der Waals surface area contributed by atoms with Crippen LogP contribution in [0.25, 0.3) is 0 Å². The molecule has 0 unspecified atom stereocenters. The lowest BCUT2D eigenvalue weighted by molar-refractivity contribution is 0.103. The predicted octanol–water partition coefficient (Wildman–Crippen LogP) is 3.57. The van der Waals surface area contributed by atoms with Crippen LogP contribution in [0.4, 0.5) is 4.39 Å². The van der Waals surface area contributed by atoms with Crippen molar-refractivity contribution < 1.29 is 13.6 Å². The number of halogens is 1. The second-order valence-corrected chi connectivity index (χ2v) is 4.02. The van der Waals surface area contributed by atoms with Crippen molar-refractivity contribution in [2.75, 3.05) is 0 Å². The Balaban J connectivity index is 2.55. The van der Waals surface area contributed by atoms with Gasteiger partial charge in [0.2, 0.25) is 0 Å². The van der Waals surface area contributed by atoms with E-state index in [0.29, 0.717) is 17.1 Å². The summed E-state index contributed by atoms with van der Waals surface area (Å²) in [5.41, 5.74) is 1.32. The molecule has 0 aliphatic heterocycles. The zero-order valence-corrected chi connectivity index (χ0v) is 10.0. The Bertz CT molecular complexity index is 582. The number of aryl methyl sites for hydroxylation is 2. The molecule has 1 aromatic heterocycles. The number of carbonyl (C=O) groups excluding carboxylic acids is 1. The van der Waals surface area contributed by atoms with Crippen LogP contribution >= 0.6 is 0 Å². The topological polar surface area (TPSA) is 30.2 Å². The van der Waals surface area contributed by atoms with E-state index in [4.69, 9.17) is 4.42 Å². The summed E-state index contributed by atoms with van der Waals surface area (Å²) in [5, 5.41) is 0. The molecule has 0 saturated heterocycles. The van der Waals surface area contributed by atoms with E-state index in [2.05, 4.69) is 0 Å². The Kier molecular flexibility index (Phi) is 2.84. The fourth-order valence-corrected chi connectivity index (χ4v) is 1.91. The van der Waals surface area contributed by atoms with Gasteiger partial charge in [-0.25, -0.2) is 4.39 Å². The molecule has 0 atom stereocenters. The van der Waals surface area contributed by atoms with Crippen molar-refractivity contribution in [2.24, 2.45) is 0 Å². The molecule has 2 aromatic rings. The number of ketones is 1. The fraction of sp³-hybridized carbons (Fsp3) is 0.214. The largest absolute Gasteiger partial charge is 0.466 e. The molecule has 0 aliphatic rings. The minimum absolute atomic E-state index is 0.0829.